The summed E-state index contributed by atoms with van der Waals surface area (Å²) in [5, 5.41) is 128. The normalized spacial score (nSPS) is 33.1. The van der Waals surface area contributed by atoms with Crippen molar-refractivity contribution in [2.24, 2.45) is 41.2 Å². The summed E-state index contributed by atoms with van der Waals surface area (Å²) in [5.74, 6) is -13.7. The molecule has 3 amide bonds. The van der Waals surface area contributed by atoms with E-state index in [1.807, 2.05) is 0 Å². The van der Waals surface area contributed by atoms with Gasteiger partial charge < -0.3 is 154 Å². The lowest BCUT2D eigenvalue weighted by Crippen LogP contribution is -2.63. The zero-order valence-electron chi connectivity index (χ0n) is 48.0. The molecular weight excluding hydrogens is 1160 g/mol. The van der Waals surface area contributed by atoms with E-state index in [0.29, 0.717) is 0 Å². The summed E-state index contributed by atoms with van der Waals surface area (Å²) in [4.78, 5) is 37.5. The highest BCUT2D eigenvalue weighted by Gasteiger charge is 2.72. The van der Waals surface area contributed by atoms with Gasteiger partial charge in [0.25, 0.3) is 0 Å². The second kappa shape index (κ2) is 35.3. The minimum absolute atomic E-state index is 0.00928. The second-order valence-corrected chi connectivity index (χ2v) is 21.4. The maximum absolute atomic E-state index is 12.5. The minimum atomic E-state index is -1.94. The number of fused-ring (bicyclic) bond motifs is 3. The van der Waals surface area contributed by atoms with Crippen LogP contribution in [-0.2, 0) is 85.4 Å². The molecule has 6 rings (SSSR count). The molecule has 16 atom stereocenters. The van der Waals surface area contributed by atoms with Crippen molar-refractivity contribution in [2.45, 2.75) is 85.4 Å². The molecule has 0 aromatic rings. The average molecular weight is 1250 g/mol. The molecule has 2 saturated carbocycles. The van der Waals surface area contributed by atoms with Gasteiger partial charge in [-0.3, -0.25) is 14.4 Å². The largest absolute Gasteiger partial charge is 0.508 e. The number of hydrogen-bond acceptors (Lipinski definition) is 31. The molecule has 5 fully saturated rings. The Bertz CT molecular complexity index is 1990. The summed E-state index contributed by atoms with van der Waals surface area (Å²) in [6, 6.07) is 0. The van der Waals surface area contributed by atoms with Crippen LogP contribution in [0.2, 0.25) is 0 Å². The lowest BCUT2D eigenvalue weighted by molar-refractivity contribution is -0.439. The second-order valence-electron chi connectivity index (χ2n) is 21.4. The molecule has 0 aromatic carbocycles. The van der Waals surface area contributed by atoms with E-state index < -0.39 is 133 Å². The fourth-order valence-electron chi connectivity index (χ4n) is 10.6. The first-order valence-electron chi connectivity index (χ1n) is 28.8. The molecule has 34 nitrogen and oxygen atoms in total. The number of rotatable bonds is 48. The van der Waals surface area contributed by atoms with Crippen LogP contribution in [0, 0.1) is 35.5 Å². The van der Waals surface area contributed by atoms with Crippen molar-refractivity contribution < 1.29 is 147 Å². The number of aliphatic hydroxyl groups is 12. The van der Waals surface area contributed by atoms with E-state index in [1.54, 1.807) is 0 Å². The average Bonchev–Trinajstić information content (AvgIpc) is 1.56. The first-order valence-corrected chi connectivity index (χ1v) is 28.8. The third-order valence-electron chi connectivity index (χ3n) is 15.4. The number of carbonyl (C=O) groups is 3. The Morgan fingerprint density at radius 3 is 1.10 bits per heavy atom. The third-order valence-corrected chi connectivity index (χ3v) is 15.4. The summed E-state index contributed by atoms with van der Waals surface area (Å²) in [5.41, 5.74) is 5.39. The quantitative estimate of drug-likeness (QED) is 0.0252. The van der Waals surface area contributed by atoms with Crippen LogP contribution in [0.3, 0.4) is 0 Å². The topological polar surface area (TPSA) is 495 Å². The summed E-state index contributed by atoms with van der Waals surface area (Å²) in [7, 11) is 0. The van der Waals surface area contributed by atoms with Gasteiger partial charge in [0.05, 0.1) is 218 Å². The molecule has 0 aromatic heterocycles. The van der Waals surface area contributed by atoms with Crippen LogP contribution in [0.1, 0.15) is 19.3 Å². The van der Waals surface area contributed by atoms with Gasteiger partial charge in [0.2, 0.25) is 17.7 Å². The molecule has 17 N–H and O–H groups in total. The lowest BCUT2D eigenvalue weighted by atomic mass is 9.88. The molecule has 11 unspecified atom stereocenters. The van der Waals surface area contributed by atoms with Crippen molar-refractivity contribution in [1.29, 1.82) is 0 Å². The number of hydrogen-bond donors (Lipinski definition) is 16. The van der Waals surface area contributed by atoms with Crippen LogP contribution < -0.4 is 21.7 Å². The highest BCUT2D eigenvalue weighted by atomic mass is 16.8. The van der Waals surface area contributed by atoms with Crippen molar-refractivity contribution in [3.8, 4) is 0 Å². The van der Waals surface area contributed by atoms with E-state index in [4.69, 9.17) is 76.8 Å². The van der Waals surface area contributed by atoms with E-state index in [2.05, 4.69) is 16.0 Å². The Kier molecular flexibility index (Phi) is 29.5. The van der Waals surface area contributed by atoms with E-state index in [0.717, 1.165) is 0 Å². The summed E-state index contributed by atoms with van der Waals surface area (Å²) in [6.07, 6.45) is -8.32. The standard InChI is InChI=1S/C52H90N4O30/c53-49(28-78-7-1-34(60)54-4-10-72-13-16-75-19-22-81-46-37-43(66)40(63)31(25-57)50(37,69)84-46,29-79-8-2-35(61)55-5-11-73-14-17-76-20-23-82-47-38-44(67)41(64)32(26-58)51(38,70)85-47)30-80-9-3-36(62)56-6-12-74-15-18-77-21-24-83-48-39-45(68)42(65)33(27-59)52(39,71)86-48/h31-33,37-41,43-44,46-48,57-59,63-71H,1-30,53H2,(H,54,60)(H,55,61)(H,56,62)/t31?,32?,33?,37?,38?,39?,40-,41-,43?,44?,46+,47+,48+,49?,50?,51?,52?/m1/s1. The summed E-state index contributed by atoms with van der Waals surface area (Å²) < 4.78 is 82.5. The van der Waals surface area contributed by atoms with Crippen molar-refractivity contribution in [3.63, 3.8) is 0 Å². The molecule has 3 aliphatic heterocycles. The monoisotopic (exact) mass is 1250 g/mol. The van der Waals surface area contributed by atoms with Gasteiger partial charge in [0, 0.05) is 38.9 Å². The van der Waals surface area contributed by atoms with E-state index in [-0.39, 0.29) is 195 Å². The molecule has 6 aliphatic rings. The SMILES string of the molecule is NC(COCCC(=O)NCCOCCOCCO[C@H]1OC2(O)C(CO)C(O)=C(O)C12)(COCCC(=O)NCCOCCOCCO[C@H]1OC2(O)C1C(O)[C@H](O)C2CO)COCCC(=O)NCCOCCOCCO[C@H]1OC2(O)C1C(O)[C@H](O)C2CO. The molecule has 3 saturated heterocycles. The van der Waals surface area contributed by atoms with Crippen molar-refractivity contribution in [3.05, 3.63) is 11.5 Å². The van der Waals surface area contributed by atoms with Crippen molar-refractivity contribution in [1.82, 2.24) is 16.0 Å². The van der Waals surface area contributed by atoms with E-state index in [9.17, 15) is 75.7 Å². The van der Waals surface area contributed by atoms with E-state index >= 15 is 0 Å². The first-order chi connectivity index (χ1) is 41.3. The molecule has 3 aliphatic carbocycles. The number of ether oxygens (including phenoxy) is 15. The molecule has 86 heavy (non-hydrogen) atoms. The molecule has 34 heteroatoms. The fraction of sp³-hybridized carbons (Fsp3) is 0.904. The molecule has 0 bridgehead atoms. The third kappa shape index (κ3) is 18.9. The number of amides is 3. The predicted octanol–water partition coefficient (Wildman–Crippen LogP) is -7.98. The van der Waals surface area contributed by atoms with Gasteiger partial charge in [0.1, 0.15) is 17.4 Å². The van der Waals surface area contributed by atoms with Gasteiger partial charge in [-0.1, -0.05) is 0 Å². The van der Waals surface area contributed by atoms with Gasteiger partial charge in [-0.25, -0.2) is 0 Å². The van der Waals surface area contributed by atoms with Gasteiger partial charge in [-0.15, -0.1) is 0 Å². The zero-order valence-corrected chi connectivity index (χ0v) is 48.0. The Labute approximate surface area is 495 Å². The zero-order chi connectivity index (χ0) is 62.3. The van der Waals surface area contributed by atoms with Crippen LogP contribution in [0.25, 0.3) is 0 Å². The maximum atomic E-state index is 12.5. The van der Waals surface area contributed by atoms with Crippen LogP contribution in [0.4, 0.5) is 0 Å². The van der Waals surface area contributed by atoms with Gasteiger partial charge >= 0.3 is 0 Å². The van der Waals surface area contributed by atoms with Crippen LogP contribution in [-0.4, -0.2) is 323 Å². The van der Waals surface area contributed by atoms with Gasteiger partial charge in [0.15, 0.2) is 36.2 Å². The highest BCUT2D eigenvalue weighted by Crippen LogP contribution is 2.55. The molecule has 0 radical (unpaired) electrons. The maximum Gasteiger partial charge on any atom is 0.222 e. The smallest absolute Gasteiger partial charge is 0.222 e. The Balaban J connectivity index is 0.771. The Morgan fingerprint density at radius 1 is 0.430 bits per heavy atom. The number of aliphatic hydroxyl groups excluding tert-OH is 9. The van der Waals surface area contributed by atoms with Gasteiger partial charge in [-0.05, 0) is 0 Å². The Hall–Kier alpha value is -3.29. The minimum Gasteiger partial charge on any atom is -0.508 e. The number of carbonyl (C=O) groups excluding carboxylic acids is 3. The molecule has 498 valence electrons. The first kappa shape index (κ1) is 71.8. The number of nitrogens with one attached hydrogen (secondary N) is 3. The Morgan fingerprint density at radius 2 is 0.756 bits per heavy atom. The number of nitrogens with two attached hydrogens (primary N) is 1. The highest BCUT2D eigenvalue weighted by molar-refractivity contribution is 5.76. The van der Waals surface area contributed by atoms with Gasteiger partial charge in [-0.2, -0.15) is 0 Å². The summed E-state index contributed by atoms with van der Waals surface area (Å²) >= 11 is 0. The van der Waals surface area contributed by atoms with Crippen molar-refractivity contribution >= 4 is 17.7 Å². The van der Waals surface area contributed by atoms with Crippen LogP contribution in [0.15, 0.2) is 11.5 Å². The fourth-order valence-corrected chi connectivity index (χ4v) is 10.6. The lowest BCUT2D eigenvalue weighted by Gasteiger charge is -2.49. The molecular formula is C52H90N4O30. The van der Waals surface area contributed by atoms with Crippen LogP contribution in [0.5, 0.6) is 0 Å². The molecule has 0 spiro atoms. The van der Waals surface area contributed by atoms with Crippen molar-refractivity contribution in [2.75, 3.05) is 178 Å². The van der Waals surface area contributed by atoms with Crippen LogP contribution >= 0.6 is 0 Å². The summed E-state index contributed by atoms with van der Waals surface area (Å²) in [6.45, 7) is 0.939. The molecule has 3 heterocycles. The predicted molar refractivity (Wildman–Crippen MR) is 283 cm³/mol. The van der Waals surface area contributed by atoms with E-state index in [1.165, 1.54) is 0 Å².